The number of ether oxygens (including phenoxy) is 1. The lowest BCUT2D eigenvalue weighted by Crippen LogP contribution is -2.32. The van der Waals surface area contributed by atoms with Crippen molar-refractivity contribution in [2.45, 2.75) is 26.6 Å². The molecule has 0 spiro atoms. The molecule has 0 aliphatic carbocycles. The SMILES string of the molecule is CCOC(=O)C(=O)NCc1ncc(Br)c(CNCc2ncc(Br)cc2F)c1F. The van der Waals surface area contributed by atoms with Crippen LogP contribution in [0.1, 0.15) is 23.9 Å². The van der Waals surface area contributed by atoms with Gasteiger partial charge in [-0.2, -0.15) is 0 Å². The molecule has 2 aromatic heterocycles. The fraction of sp³-hybridized carbons (Fsp3) is 0.294. The van der Waals surface area contributed by atoms with E-state index in [-0.39, 0.29) is 43.2 Å². The summed E-state index contributed by atoms with van der Waals surface area (Å²) in [7, 11) is 0. The molecule has 2 rings (SSSR count). The van der Waals surface area contributed by atoms with Gasteiger partial charge in [-0.15, -0.1) is 0 Å². The number of rotatable bonds is 7. The minimum atomic E-state index is -1.05. The lowest BCUT2D eigenvalue weighted by Gasteiger charge is -2.12. The zero-order valence-electron chi connectivity index (χ0n) is 14.7. The van der Waals surface area contributed by atoms with E-state index in [2.05, 4.69) is 57.2 Å². The van der Waals surface area contributed by atoms with Crippen LogP contribution >= 0.6 is 31.9 Å². The first kappa shape index (κ1) is 22.3. The number of nitrogens with one attached hydrogen (secondary N) is 2. The second-order valence-electron chi connectivity index (χ2n) is 5.43. The predicted octanol–water partition coefficient (Wildman–Crippen LogP) is 2.75. The minimum absolute atomic E-state index is 0.0504. The number of halogens is 4. The zero-order chi connectivity index (χ0) is 20.7. The molecule has 28 heavy (non-hydrogen) atoms. The highest BCUT2D eigenvalue weighted by atomic mass is 79.9. The summed E-state index contributed by atoms with van der Waals surface area (Å²) in [5.74, 6) is -3.18. The van der Waals surface area contributed by atoms with Gasteiger partial charge in [-0.1, -0.05) is 0 Å². The fourth-order valence-corrected chi connectivity index (χ4v) is 2.87. The van der Waals surface area contributed by atoms with Gasteiger partial charge < -0.3 is 15.4 Å². The maximum absolute atomic E-state index is 14.7. The molecule has 2 aromatic rings. The molecule has 0 fully saturated rings. The van der Waals surface area contributed by atoms with Crippen LogP contribution < -0.4 is 10.6 Å². The highest BCUT2D eigenvalue weighted by molar-refractivity contribution is 9.10. The summed E-state index contributed by atoms with van der Waals surface area (Å²) in [6.07, 6.45) is 2.85. The summed E-state index contributed by atoms with van der Waals surface area (Å²) in [6.45, 7) is 1.48. The Bertz CT molecular complexity index is 884. The maximum Gasteiger partial charge on any atom is 0.396 e. The molecule has 0 bridgehead atoms. The van der Waals surface area contributed by atoms with Crippen molar-refractivity contribution < 1.29 is 23.1 Å². The molecule has 0 aliphatic heterocycles. The van der Waals surface area contributed by atoms with Crippen molar-refractivity contribution >= 4 is 43.7 Å². The lowest BCUT2D eigenvalue weighted by atomic mass is 10.2. The van der Waals surface area contributed by atoms with Crippen molar-refractivity contribution in [2.24, 2.45) is 0 Å². The van der Waals surface area contributed by atoms with Crippen molar-refractivity contribution in [1.82, 2.24) is 20.6 Å². The Morgan fingerprint density at radius 3 is 2.50 bits per heavy atom. The molecule has 0 saturated heterocycles. The summed E-state index contributed by atoms with van der Waals surface area (Å²) in [4.78, 5) is 30.7. The summed E-state index contributed by atoms with van der Waals surface area (Å²) >= 11 is 6.34. The molecule has 0 saturated carbocycles. The first-order valence-corrected chi connectivity index (χ1v) is 9.69. The van der Waals surface area contributed by atoms with Crippen LogP contribution in [0.15, 0.2) is 27.4 Å². The topological polar surface area (TPSA) is 93.2 Å². The highest BCUT2D eigenvalue weighted by Gasteiger charge is 2.18. The van der Waals surface area contributed by atoms with Crippen LogP contribution in [0, 0.1) is 11.6 Å². The first-order chi connectivity index (χ1) is 13.3. The van der Waals surface area contributed by atoms with Gasteiger partial charge in [0.05, 0.1) is 24.5 Å². The maximum atomic E-state index is 14.7. The van der Waals surface area contributed by atoms with Crippen LogP contribution in [0.25, 0.3) is 0 Å². The van der Waals surface area contributed by atoms with E-state index in [0.717, 1.165) is 0 Å². The molecule has 1 amide bonds. The molecule has 7 nitrogen and oxygen atoms in total. The molecule has 0 atom stereocenters. The molecular weight excluding hydrogens is 506 g/mol. The number of esters is 1. The molecular formula is C17H16Br2F2N4O3. The van der Waals surface area contributed by atoms with E-state index in [9.17, 15) is 18.4 Å². The quantitative estimate of drug-likeness (QED) is 0.430. The number of carbonyl (C=O) groups is 2. The summed E-state index contributed by atoms with van der Waals surface area (Å²) < 4.78 is 34.0. The number of hydrogen-bond acceptors (Lipinski definition) is 6. The van der Waals surface area contributed by atoms with Crippen molar-refractivity contribution in [2.75, 3.05) is 6.61 Å². The Morgan fingerprint density at radius 1 is 1.11 bits per heavy atom. The van der Waals surface area contributed by atoms with Gasteiger partial charge in [-0.05, 0) is 44.8 Å². The van der Waals surface area contributed by atoms with Crippen LogP contribution in [-0.2, 0) is 34.0 Å². The van der Waals surface area contributed by atoms with E-state index in [1.165, 1.54) is 18.5 Å². The molecule has 2 N–H and O–H groups in total. The van der Waals surface area contributed by atoms with Gasteiger partial charge in [0.15, 0.2) is 5.82 Å². The minimum Gasteiger partial charge on any atom is -0.459 e. The van der Waals surface area contributed by atoms with Crippen LogP contribution in [0.3, 0.4) is 0 Å². The van der Waals surface area contributed by atoms with Crippen LogP contribution in [-0.4, -0.2) is 28.5 Å². The Kier molecular flexibility index (Phi) is 8.39. The van der Waals surface area contributed by atoms with Crippen LogP contribution in [0.5, 0.6) is 0 Å². The van der Waals surface area contributed by atoms with Gasteiger partial charge in [0.25, 0.3) is 0 Å². The first-order valence-electron chi connectivity index (χ1n) is 8.10. The Labute approximate surface area is 176 Å². The zero-order valence-corrected chi connectivity index (χ0v) is 17.9. The second-order valence-corrected chi connectivity index (χ2v) is 7.20. The molecule has 0 aromatic carbocycles. The second kappa shape index (κ2) is 10.5. The average molecular weight is 522 g/mol. The molecule has 0 unspecified atom stereocenters. The largest absolute Gasteiger partial charge is 0.459 e. The monoisotopic (exact) mass is 520 g/mol. The Balaban J connectivity index is 2.01. The molecule has 11 heteroatoms. The average Bonchev–Trinajstić information content (AvgIpc) is 2.65. The normalized spacial score (nSPS) is 10.6. The molecule has 0 aliphatic rings. The number of aromatic nitrogens is 2. The van der Waals surface area contributed by atoms with Gasteiger partial charge >= 0.3 is 11.9 Å². The van der Waals surface area contributed by atoms with Gasteiger partial charge in [-0.25, -0.2) is 13.6 Å². The molecule has 150 valence electrons. The van der Waals surface area contributed by atoms with E-state index in [1.807, 2.05) is 0 Å². The van der Waals surface area contributed by atoms with Crippen LogP contribution in [0.4, 0.5) is 8.78 Å². The van der Waals surface area contributed by atoms with Crippen molar-refractivity contribution in [3.05, 3.63) is 56.0 Å². The van der Waals surface area contributed by atoms with Crippen LogP contribution in [0.2, 0.25) is 0 Å². The third kappa shape index (κ3) is 6.01. The number of hydrogen-bond donors (Lipinski definition) is 2. The summed E-state index contributed by atoms with van der Waals surface area (Å²) in [5.41, 5.74) is 0.384. The number of amides is 1. The van der Waals surface area contributed by atoms with Crippen molar-refractivity contribution in [3.63, 3.8) is 0 Å². The number of nitrogens with zero attached hydrogens (tertiary/aromatic N) is 2. The summed E-state index contributed by atoms with van der Waals surface area (Å²) in [6, 6.07) is 1.29. The van der Waals surface area contributed by atoms with Gasteiger partial charge in [0.1, 0.15) is 5.82 Å². The van der Waals surface area contributed by atoms with E-state index >= 15 is 0 Å². The Morgan fingerprint density at radius 2 is 1.82 bits per heavy atom. The highest BCUT2D eigenvalue weighted by Crippen LogP contribution is 2.21. The van der Waals surface area contributed by atoms with Gasteiger partial charge in [0, 0.05) is 40.0 Å². The van der Waals surface area contributed by atoms with E-state index in [1.54, 1.807) is 6.92 Å². The molecule has 0 radical (unpaired) electrons. The van der Waals surface area contributed by atoms with E-state index < -0.39 is 23.5 Å². The smallest absolute Gasteiger partial charge is 0.396 e. The van der Waals surface area contributed by atoms with Crippen molar-refractivity contribution in [3.8, 4) is 0 Å². The fourth-order valence-electron chi connectivity index (χ4n) is 2.15. The summed E-state index contributed by atoms with van der Waals surface area (Å²) in [5, 5.41) is 5.16. The van der Waals surface area contributed by atoms with E-state index in [0.29, 0.717) is 8.95 Å². The van der Waals surface area contributed by atoms with E-state index in [4.69, 9.17) is 0 Å². The number of carbonyl (C=O) groups excluding carboxylic acids is 2. The molecule has 2 heterocycles. The van der Waals surface area contributed by atoms with Crippen molar-refractivity contribution in [1.29, 1.82) is 0 Å². The number of pyridine rings is 2. The third-order valence-electron chi connectivity index (χ3n) is 3.50. The van der Waals surface area contributed by atoms with Gasteiger partial charge in [0.2, 0.25) is 0 Å². The third-order valence-corrected chi connectivity index (χ3v) is 4.61. The standard InChI is InChI=1S/C17H16Br2F2N4O3/c1-2-28-17(27)16(26)25-8-14-15(21)10(11(19)6-24-14)5-22-7-13-12(20)3-9(18)4-23-13/h3-4,6,22H,2,5,7-8H2,1H3,(H,25,26). The lowest BCUT2D eigenvalue weighted by molar-refractivity contribution is -0.154. The Hall–Kier alpha value is -1.98. The van der Waals surface area contributed by atoms with Gasteiger partial charge in [-0.3, -0.25) is 14.8 Å². The predicted molar refractivity (Wildman–Crippen MR) is 103 cm³/mol.